The van der Waals surface area contributed by atoms with Gasteiger partial charge in [-0.2, -0.15) is 0 Å². The maximum atomic E-state index is 11.1. The topological polar surface area (TPSA) is 32.7 Å². The van der Waals surface area contributed by atoms with E-state index >= 15 is 0 Å². The van der Waals surface area contributed by atoms with Gasteiger partial charge in [-0.3, -0.25) is 0 Å². The van der Waals surface area contributed by atoms with E-state index in [4.69, 9.17) is 4.74 Å². The molecule has 3 nitrogen and oxygen atoms in total. The van der Waals surface area contributed by atoms with Crippen LogP contribution in [0.1, 0.15) is 55.8 Å². The van der Waals surface area contributed by atoms with E-state index in [9.17, 15) is 5.11 Å². The molecule has 0 aliphatic carbocycles. The zero-order valence-electron chi connectivity index (χ0n) is 16.2. The molecule has 0 bridgehead atoms. The zero-order chi connectivity index (χ0) is 18.2. The van der Waals surface area contributed by atoms with Crippen LogP contribution in [0.15, 0.2) is 54.6 Å². The Balaban J connectivity index is 0.00000261. The predicted octanol–water partition coefficient (Wildman–Crippen LogP) is 5.20. The first kappa shape index (κ1) is 21.7. The van der Waals surface area contributed by atoms with Gasteiger partial charge in [0, 0.05) is 12.5 Å². The summed E-state index contributed by atoms with van der Waals surface area (Å²) in [5.41, 5.74) is 2.16. The number of ether oxygens (including phenoxy) is 1. The van der Waals surface area contributed by atoms with Crippen molar-refractivity contribution >= 4 is 12.4 Å². The third-order valence-electron chi connectivity index (χ3n) is 5.25. The van der Waals surface area contributed by atoms with Crippen molar-refractivity contribution in [3.05, 3.63) is 65.7 Å². The van der Waals surface area contributed by atoms with E-state index in [-0.39, 0.29) is 18.3 Å². The van der Waals surface area contributed by atoms with Crippen LogP contribution in [0.5, 0.6) is 5.75 Å². The number of likely N-dealkylation sites (tertiary alicyclic amines) is 1. The van der Waals surface area contributed by atoms with Crippen molar-refractivity contribution in [1.29, 1.82) is 0 Å². The van der Waals surface area contributed by atoms with Crippen LogP contribution in [0.3, 0.4) is 0 Å². The molecule has 1 fully saturated rings. The molecule has 1 saturated heterocycles. The first-order valence-electron chi connectivity index (χ1n) is 9.96. The minimum atomic E-state index is -0.511. The fourth-order valence-electron chi connectivity index (χ4n) is 3.66. The molecule has 1 heterocycles. The van der Waals surface area contributed by atoms with Crippen molar-refractivity contribution in [3.63, 3.8) is 0 Å². The highest BCUT2D eigenvalue weighted by molar-refractivity contribution is 5.85. The van der Waals surface area contributed by atoms with E-state index in [1.165, 1.54) is 18.4 Å². The lowest BCUT2D eigenvalue weighted by Gasteiger charge is -2.28. The highest BCUT2D eigenvalue weighted by atomic mass is 35.5. The summed E-state index contributed by atoms with van der Waals surface area (Å²) >= 11 is 0. The quantitative estimate of drug-likeness (QED) is 0.598. The normalized spacial score (nSPS) is 16.5. The number of aliphatic hydroxyl groups is 1. The lowest BCUT2D eigenvalue weighted by Crippen LogP contribution is -2.29. The first-order valence-corrected chi connectivity index (χ1v) is 9.96. The summed E-state index contributed by atoms with van der Waals surface area (Å²) in [6.07, 6.45) is 4.22. The average Bonchev–Trinajstić information content (AvgIpc) is 3.20. The number of unbranched alkanes of at least 4 members (excludes halogenated alkanes) is 1. The number of benzene rings is 2. The van der Waals surface area contributed by atoms with Gasteiger partial charge in [0.2, 0.25) is 0 Å². The summed E-state index contributed by atoms with van der Waals surface area (Å²) in [5, 5.41) is 11.1. The predicted molar refractivity (Wildman–Crippen MR) is 114 cm³/mol. The van der Waals surface area contributed by atoms with Crippen LogP contribution in [0.25, 0.3) is 0 Å². The summed E-state index contributed by atoms with van der Waals surface area (Å²) in [6, 6.07) is 18.4. The second-order valence-corrected chi connectivity index (χ2v) is 7.24. The van der Waals surface area contributed by atoms with Gasteiger partial charge in [0.1, 0.15) is 5.75 Å². The molecule has 3 rings (SSSR count). The molecule has 2 unspecified atom stereocenters. The Morgan fingerprint density at radius 3 is 2.26 bits per heavy atom. The number of rotatable bonds is 9. The van der Waals surface area contributed by atoms with E-state index < -0.39 is 6.10 Å². The Kier molecular flexibility index (Phi) is 9.12. The van der Waals surface area contributed by atoms with Crippen LogP contribution in [0, 0.1) is 0 Å². The van der Waals surface area contributed by atoms with Gasteiger partial charge in [-0.1, -0.05) is 55.8 Å². The Hall–Kier alpha value is -1.55. The Labute approximate surface area is 169 Å². The van der Waals surface area contributed by atoms with Crippen LogP contribution in [-0.4, -0.2) is 36.2 Å². The van der Waals surface area contributed by atoms with Crippen LogP contribution in [-0.2, 0) is 0 Å². The van der Waals surface area contributed by atoms with Gasteiger partial charge in [0.25, 0.3) is 0 Å². The molecule has 0 saturated carbocycles. The molecular weight excluding hydrogens is 358 g/mol. The third kappa shape index (κ3) is 6.24. The SMILES string of the molecule is CCCCOc1ccc(C(O)C(CN2CCCC2)c2ccccc2)cc1.Cl. The third-order valence-corrected chi connectivity index (χ3v) is 5.25. The molecule has 1 N–H and O–H groups in total. The molecule has 2 aromatic rings. The first-order chi connectivity index (χ1) is 12.8. The highest BCUT2D eigenvalue weighted by Gasteiger charge is 2.26. The molecule has 27 heavy (non-hydrogen) atoms. The second-order valence-electron chi connectivity index (χ2n) is 7.24. The average molecular weight is 390 g/mol. The molecule has 1 aliphatic rings. The summed E-state index contributed by atoms with van der Waals surface area (Å²) in [6.45, 7) is 6.09. The van der Waals surface area contributed by atoms with Gasteiger partial charge in [-0.15, -0.1) is 12.4 Å². The number of hydrogen-bond acceptors (Lipinski definition) is 3. The molecule has 1 aliphatic heterocycles. The molecule has 0 spiro atoms. The summed E-state index contributed by atoms with van der Waals surface area (Å²) in [5.74, 6) is 0.964. The van der Waals surface area contributed by atoms with Gasteiger partial charge in [0.15, 0.2) is 0 Å². The maximum absolute atomic E-state index is 11.1. The van der Waals surface area contributed by atoms with Crippen LogP contribution in [0.2, 0.25) is 0 Å². The van der Waals surface area contributed by atoms with Gasteiger partial charge in [-0.25, -0.2) is 0 Å². The molecule has 0 radical (unpaired) electrons. The minimum Gasteiger partial charge on any atom is -0.494 e. The smallest absolute Gasteiger partial charge is 0.119 e. The van der Waals surface area contributed by atoms with E-state index in [0.717, 1.165) is 50.4 Å². The Morgan fingerprint density at radius 2 is 1.63 bits per heavy atom. The maximum Gasteiger partial charge on any atom is 0.119 e. The van der Waals surface area contributed by atoms with Crippen LogP contribution in [0.4, 0.5) is 0 Å². The second kappa shape index (κ2) is 11.3. The van der Waals surface area contributed by atoms with Crippen molar-refractivity contribution < 1.29 is 9.84 Å². The summed E-state index contributed by atoms with van der Waals surface area (Å²) < 4.78 is 5.74. The fraction of sp³-hybridized carbons (Fsp3) is 0.478. The lowest BCUT2D eigenvalue weighted by atomic mass is 9.88. The number of nitrogens with zero attached hydrogens (tertiary/aromatic N) is 1. The largest absolute Gasteiger partial charge is 0.494 e. The molecule has 2 aromatic carbocycles. The molecule has 0 amide bonds. The van der Waals surface area contributed by atoms with Crippen LogP contribution < -0.4 is 4.74 Å². The zero-order valence-corrected chi connectivity index (χ0v) is 17.0. The number of halogens is 1. The van der Waals surface area contributed by atoms with E-state index in [1.54, 1.807) is 0 Å². The van der Waals surface area contributed by atoms with Gasteiger partial charge < -0.3 is 14.7 Å². The molecule has 4 heteroatoms. The number of aliphatic hydroxyl groups excluding tert-OH is 1. The Bertz CT molecular complexity index is 641. The molecule has 148 valence electrons. The lowest BCUT2D eigenvalue weighted by molar-refractivity contribution is 0.123. The summed E-state index contributed by atoms with van der Waals surface area (Å²) in [7, 11) is 0. The molecule has 0 aromatic heterocycles. The molecular formula is C23H32ClNO2. The monoisotopic (exact) mass is 389 g/mol. The van der Waals surface area contributed by atoms with Crippen molar-refractivity contribution in [3.8, 4) is 5.75 Å². The highest BCUT2D eigenvalue weighted by Crippen LogP contribution is 2.33. The van der Waals surface area contributed by atoms with E-state index in [1.807, 2.05) is 30.3 Å². The van der Waals surface area contributed by atoms with Crippen LogP contribution >= 0.6 is 12.4 Å². The van der Waals surface area contributed by atoms with Crippen molar-refractivity contribution in [2.75, 3.05) is 26.2 Å². The fourth-order valence-corrected chi connectivity index (χ4v) is 3.66. The standard InChI is InChI=1S/C23H31NO2.ClH/c1-2-3-17-26-21-13-11-20(12-14-21)23(25)22(18-24-15-7-8-16-24)19-9-5-4-6-10-19;/h4-6,9-14,22-23,25H,2-3,7-8,15-18H2,1H3;1H. The van der Waals surface area contributed by atoms with Gasteiger partial charge in [0.05, 0.1) is 12.7 Å². The Morgan fingerprint density at radius 1 is 0.963 bits per heavy atom. The minimum absolute atomic E-state index is 0. The van der Waals surface area contributed by atoms with E-state index in [2.05, 4.69) is 36.1 Å². The van der Waals surface area contributed by atoms with Gasteiger partial charge >= 0.3 is 0 Å². The number of hydrogen-bond donors (Lipinski definition) is 1. The van der Waals surface area contributed by atoms with E-state index in [0.29, 0.717) is 0 Å². The van der Waals surface area contributed by atoms with Crippen molar-refractivity contribution in [2.45, 2.75) is 44.6 Å². The molecule has 2 atom stereocenters. The van der Waals surface area contributed by atoms with Gasteiger partial charge in [-0.05, 0) is 55.6 Å². The van der Waals surface area contributed by atoms with Crippen molar-refractivity contribution in [2.24, 2.45) is 0 Å². The summed E-state index contributed by atoms with van der Waals surface area (Å²) in [4.78, 5) is 2.48. The van der Waals surface area contributed by atoms with Crippen molar-refractivity contribution in [1.82, 2.24) is 4.90 Å².